The first-order valence-corrected chi connectivity index (χ1v) is 7.52. The number of phenolic OH excluding ortho intramolecular Hbond substituents is 1. The lowest BCUT2D eigenvalue weighted by atomic mass is 10.0. The SMILES string of the molecule is CS(=O)c1ccc(-c2nnc(N)c3c2COC3)c(O)c1. The molecule has 3 rings (SSSR count). The van der Waals surface area contributed by atoms with Gasteiger partial charge < -0.3 is 15.6 Å². The Kier molecular flexibility index (Phi) is 3.15. The fourth-order valence-electron chi connectivity index (χ4n) is 2.20. The molecule has 2 heterocycles. The Labute approximate surface area is 118 Å². The van der Waals surface area contributed by atoms with Gasteiger partial charge in [0.05, 0.1) is 13.2 Å². The number of aromatic nitrogens is 2. The van der Waals surface area contributed by atoms with E-state index in [1.165, 1.54) is 6.07 Å². The summed E-state index contributed by atoms with van der Waals surface area (Å²) in [6, 6.07) is 4.86. The molecule has 1 atom stereocenters. The number of nitrogen functional groups attached to an aromatic ring is 1. The molecule has 1 unspecified atom stereocenters. The van der Waals surface area contributed by atoms with Gasteiger partial charge in [-0.15, -0.1) is 10.2 Å². The Morgan fingerprint density at radius 1 is 1.30 bits per heavy atom. The summed E-state index contributed by atoms with van der Waals surface area (Å²) in [5.74, 6) is 0.373. The third-order valence-corrected chi connectivity index (χ3v) is 4.18. The van der Waals surface area contributed by atoms with Crippen LogP contribution in [0, 0.1) is 0 Å². The Bertz CT molecular complexity index is 718. The standard InChI is InChI=1S/C13H13N3O3S/c1-20(18)7-2-3-8(11(17)4-7)12-9-5-19-6-10(9)13(14)16-15-12/h2-4,17H,5-6H2,1H3,(H2,14,16). The van der Waals surface area contributed by atoms with Crippen LogP contribution in [0.4, 0.5) is 5.82 Å². The topological polar surface area (TPSA) is 98.3 Å². The van der Waals surface area contributed by atoms with Crippen LogP contribution in [0.3, 0.4) is 0 Å². The molecule has 0 saturated carbocycles. The summed E-state index contributed by atoms with van der Waals surface area (Å²) in [6.07, 6.45) is 1.56. The minimum absolute atomic E-state index is 0.0193. The third-order valence-electron chi connectivity index (χ3n) is 3.27. The Morgan fingerprint density at radius 3 is 2.75 bits per heavy atom. The second-order valence-electron chi connectivity index (χ2n) is 4.52. The van der Waals surface area contributed by atoms with E-state index in [2.05, 4.69) is 10.2 Å². The van der Waals surface area contributed by atoms with E-state index in [0.29, 0.717) is 35.2 Å². The van der Waals surface area contributed by atoms with Crippen LogP contribution < -0.4 is 5.73 Å². The van der Waals surface area contributed by atoms with Crippen molar-refractivity contribution in [1.82, 2.24) is 10.2 Å². The molecule has 20 heavy (non-hydrogen) atoms. The first kappa shape index (κ1) is 13.0. The normalized spacial score (nSPS) is 15.1. The maximum absolute atomic E-state index is 11.4. The third kappa shape index (κ3) is 2.04. The molecule has 104 valence electrons. The molecule has 1 aromatic heterocycles. The zero-order valence-electron chi connectivity index (χ0n) is 10.8. The number of anilines is 1. The molecule has 0 spiro atoms. The summed E-state index contributed by atoms with van der Waals surface area (Å²) >= 11 is 0. The van der Waals surface area contributed by atoms with Crippen molar-refractivity contribution in [1.29, 1.82) is 0 Å². The monoisotopic (exact) mass is 291 g/mol. The molecule has 1 aromatic carbocycles. The molecule has 0 saturated heterocycles. The van der Waals surface area contributed by atoms with Gasteiger partial charge in [-0.25, -0.2) is 0 Å². The van der Waals surface area contributed by atoms with Gasteiger partial charge in [-0.3, -0.25) is 4.21 Å². The number of hydrogen-bond donors (Lipinski definition) is 2. The zero-order chi connectivity index (χ0) is 14.3. The van der Waals surface area contributed by atoms with Gasteiger partial charge in [-0.05, 0) is 18.2 Å². The van der Waals surface area contributed by atoms with Crippen LogP contribution in [0.2, 0.25) is 0 Å². The fourth-order valence-corrected chi connectivity index (χ4v) is 2.74. The van der Waals surface area contributed by atoms with Gasteiger partial charge >= 0.3 is 0 Å². The van der Waals surface area contributed by atoms with Gasteiger partial charge in [0, 0.05) is 38.6 Å². The molecule has 0 radical (unpaired) electrons. The van der Waals surface area contributed by atoms with Crippen molar-refractivity contribution in [3.05, 3.63) is 29.3 Å². The highest BCUT2D eigenvalue weighted by Gasteiger charge is 2.23. The molecule has 0 amide bonds. The largest absolute Gasteiger partial charge is 0.507 e. The molecule has 6 nitrogen and oxygen atoms in total. The van der Waals surface area contributed by atoms with Gasteiger partial charge in [0.15, 0.2) is 5.82 Å². The fraction of sp³-hybridized carbons (Fsp3) is 0.231. The number of nitrogens with two attached hydrogens (primary N) is 1. The number of ether oxygens (including phenoxy) is 1. The van der Waals surface area contributed by atoms with Crippen molar-refractivity contribution < 1.29 is 14.1 Å². The van der Waals surface area contributed by atoms with Crippen molar-refractivity contribution in [2.24, 2.45) is 0 Å². The van der Waals surface area contributed by atoms with Crippen molar-refractivity contribution in [3.8, 4) is 17.0 Å². The molecule has 7 heteroatoms. The highest BCUT2D eigenvalue weighted by Crippen LogP contribution is 2.36. The van der Waals surface area contributed by atoms with E-state index >= 15 is 0 Å². The van der Waals surface area contributed by atoms with Crippen LogP contribution in [0.1, 0.15) is 11.1 Å². The van der Waals surface area contributed by atoms with Crippen molar-refractivity contribution >= 4 is 16.6 Å². The summed E-state index contributed by atoms with van der Waals surface area (Å²) in [4.78, 5) is 0.558. The van der Waals surface area contributed by atoms with Crippen molar-refractivity contribution in [3.63, 3.8) is 0 Å². The van der Waals surface area contributed by atoms with E-state index in [9.17, 15) is 9.32 Å². The maximum Gasteiger partial charge on any atom is 0.152 e. The quantitative estimate of drug-likeness (QED) is 0.862. The van der Waals surface area contributed by atoms with Crippen LogP contribution in [0.5, 0.6) is 5.75 Å². The summed E-state index contributed by atoms with van der Waals surface area (Å²) in [6.45, 7) is 0.798. The van der Waals surface area contributed by atoms with E-state index < -0.39 is 10.8 Å². The summed E-state index contributed by atoms with van der Waals surface area (Å²) < 4.78 is 16.8. The lowest BCUT2D eigenvalue weighted by molar-refractivity contribution is 0.135. The number of fused-ring (bicyclic) bond motifs is 1. The summed E-state index contributed by atoms with van der Waals surface area (Å²) in [7, 11) is -1.15. The Morgan fingerprint density at radius 2 is 2.05 bits per heavy atom. The van der Waals surface area contributed by atoms with Gasteiger partial charge in [-0.2, -0.15) is 0 Å². The molecule has 1 aliphatic rings. The second kappa shape index (κ2) is 4.84. The van der Waals surface area contributed by atoms with Crippen LogP contribution in [-0.2, 0) is 28.8 Å². The van der Waals surface area contributed by atoms with Crippen LogP contribution in [0.25, 0.3) is 11.3 Å². The predicted octanol–water partition coefficient (Wildman–Crippen LogP) is 1.20. The number of rotatable bonds is 2. The highest BCUT2D eigenvalue weighted by molar-refractivity contribution is 7.84. The minimum atomic E-state index is -1.15. The van der Waals surface area contributed by atoms with E-state index in [4.69, 9.17) is 10.5 Å². The first-order chi connectivity index (χ1) is 9.58. The average Bonchev–Trinajstić information content (AvgIpc) is 2.90. The number of hydrogen-bond acceptors (Lipinski definition) is 6. The number of benzene rings is 1. The molecule has 0 aliphatic carbocycles. The van der Waals surface area contributed by atoms with Crippen LogP contribution in [-0.4, -0.2) is 25.8 Å². The second-order valence-corrected chi connectivity index (χ2v) is 5.90. The molecule has 3 N–H and O–H groups in total. The smallest absolute Gasteiger partial charge is 0.152 e. The van der Waals surface area contributed by atoms with Gasteiger partial charge in [0.2, 0.25) is 0 Å². The maximum atomic E-state index is 11.4. The molecule has 0 bridgehead atoms. The molecule has 0 fully saturated rings. The summed E-state index contributed by atoms with van der Waals surface area (Å²) in [5.41, 5.74) is 8.52. The van der Waals surface area contributed by atoms with E-state index in [1.807, 2.05) is 0 Å². The van der Waals surface area contributed by atoms with E-state index in [-0.39, 0.29) is 5.75 Å². The van der Waals surface area contributed by atoms with Crippen molar-refractivity contribution in [2.45, 2.75) is 18.1 Å². The van der Waals surface area contributed by atoms with Crippen molar-refractivity contribution in [2.75, 3.05) is 12.0 Å². The number of phenols is 1. The lowest BCUT2D eigenvalue weighted by Crippen LogP contribution is -2.03. The van der Waals surface area contributed by atoms with Gasteiger partial charge in [0.25, 0.3) is 0 Å². The molecule has 1 aliphatic heterocycles. The van der Waals surface area contributed by atoms with Crippen LogP contribution in [0.15, 0.2) is 23.1 Å². The Hall–Kier alpha value is -1.99. The Balaban J connectivity index is 2.15. The van der Waals surface area contributed by atoms with Gasteiger partial charge in [-0.1, -0.05) is 0 Å². The summed E-state index contributed by atoms with van der Waals surface area (Å²) in [5, 5.41) is 18.1. The predicted molar refractivity (Wildman–Crippen MR) is 74.4 cm³/mol. The molecular formula is C13H13N3O3S. The first-order valence-electron chi connectivity index (χ1n) is 5.96. The molecular weight excluding hydrogens is 278 g/mol. The number of nitrogens with zero attached hydrogens (tertiary/aromatic N) is 2. The van der Waals surface area contributed by atoms with E-state index in [1.54, 1.807) is 18.4 Å². The van der Waals surface area contributed by atoms with E-state index in [0.717, 1.165) is 11.1 Å². The minimum Gasteiger partial charge on any atom is -0.507 e. The van der Waals surface area contributed by atoms with Crippen LogP contribution >= 0.6 is 0 Å². The molecule has 2 aromatic rings. The number of aromatic hydroxyl groups is 1. The average molecular weight is 291 g/mol. The van der Waals surface area contributed by atoms with Gasteiger partial charge in [0.1, 0.15) is 11.4 Å². The lowest BCUT2D eigenvalue weighted by Gasteiger charge is -2.09. The zero-order valence-corrected chi connectivity index (χ0v) is 11.6. The highest BCUT2D eigenvalue weighted by atomic mass is 32.2.